The van der Waals surface area contributed by atoms with E-state index in [4.69, 9.17) is 0 Å². The lowest BCUT2D eigenvalue weighted by Crippen LogP contribution is -2.23. The number of hydrogen-bond acceptors (Lipinski definition) is 5. The number of nitro benzene ring substituents is 1. The van der Waals surface area contributed by atoms with Gasteiger partial charge in [-0.25, -0.2) is 4.68 Å². The van der Waals surface area contributed by atoms with Gasteiger partial charge in [0, 0.05) is 36.6 Å². The van der Waals surface area contributed by atoms with Crippen LogP contribution in [0.25, 0.3) is 16.9 Å². The Morgan fingerprint density at radius 3 is 2.37 bits per heavy atom. The SMILES string of the molecule is O=C(NCc1ccncc1)c1cnn(-c2ccc([N+](=O)[O-])cc2)c1-c1ccccc1. The number of rotatable bonds is 6. The van der Waals surface area contributed by atoms with Crippen molar-refractivity contribution >= 4 is 11.6 Å². The van der Waals surface area contributed by atoms with Crippen molar-refractivity contribution in [2.75, 3.05) is 0 Å². The van der Waals surface area contributed by atoms with E-state index in [2.05, 4.69) is 15.4 Å². The highest BCUT2D eigenvalue weighted by atomic mass is 16.6. The molecule has 0 aliphatic heterocycles. The lowest BCUT2D eigenvalue weighted by atomic mass is 10.1. The van der Waals surface area contributed by atoms with Crippen LogP contribution in [0.5, 0.6) is 0 Å². The van der Waals surface area contributed by atoms with Crippen LogP contribution in [-0.4, -0.2) is 25.6 Å². The zero-order chi connectivity index (χ0) is 20.9. The molecule has 0 aliphatic carbocycles. The van der Waals surface area contributed by atoms with E-state index in [1.54, 1.807) is 29.2 Å². The second-order valence-electron chi connectivity index (χ2n) is 6.50. The first-order chi connectivity index (χ1) is 14.6. The summed E-state index contributed by atoms with van der Waals surface area (Å²) in [6, 6.07) is 19.1. The molecule has 0 unspecified atom stereocenters. The van der Waals surface area contributed by atoms with E-state index in [1.807, 2.05) is 42.5 Å². The molecule has 2 heterocycles. The molecule has 0 radical (unpaired) electrons. The monoisotopic (exact) mass is 399 g/mol. The number of hydrogen-bond donors (Lipinski definition) is 1. The number of amides is 1. The highest BCUT2D eigenvalue weighted by Crippen LogP contribution is 2.27. The van der Waals surface area contributed by atoms with Gasteiger partial charge in [-0.2, -0.15) is 5.10 Å². The van der Waals surface area contributed by atoms with Crippen LogP contribution < -0.4 is 5.32 Å². The van der Waals surface area contributed by atoms with Crippen LogP contribution in [0.3, 0.4) is 0 Å². The molecule has 0 saturated carbocycles. The Morgan fingerprint density at radius 1 is 1.00 bits per heavy atom. The van der Waals surface area contributed by atoms with Gasteiger partial charge in [0.05, 0.1) is 28.1 Å². The first kappa shape index (κ1) is 19.0. The van der Waals surface area contributed by atoms with Crippen LogP contribution in [0.15, 0.2) is 85.3 Å². The molecule has 148 valence electrons. The molecular weight excluding hydrogens is 382 g/mol. The maximum atomic E-state index is 12.9. The van der Waals surface area contributed by atoms with Crippen molar-refractivity contribution in [3.8, 4) is 16.9 Å². The van der Waals surface area contributed by atoms with Gasteiger partial charge in [0.2, 0.25) is 0 Å². The van der Waals surface area contributed by atoms with Crippen LogP contribution in [0.2, 0.25) is 0 Å². The number of nitro groups is 1. The predicted molar refractivity (Wildman–Crippen MR) is 111 cm³/mol. The minimum absolute atomic E-state index is 0.0116. The van der Waals surface area contributed by atoms with Crippen molar-refractivity contribution < 1.29 is 9.72 Å². The summed E-state index contributed by atoms with van der Waals surface area (Å²) >= 11 is 0. The lowest BCUT2D eigenvalue weighted by molar-refractivity contribution is -0.384. The molecule has 2 aromatic heterocycles. The topological polar surface area (TPSA) is 103 Å². The summed E-state index contributed by atoms with van der Waals surface area (Å²) in [5.41, 5.74) is 3.37. The molecule has 0 fully saturated rings. The third-order valence-corrected chi connectivity index (χ3v) is 4.57. The molecule has 0 bridgehead atoms. The van der Waals surface area contributed by atoms with Gasteiger partial charge in [-0.1, -0.05) is 30.3 Å². The largest absolute Gasteiger partial charge is 0.348 e. The molecule has 2 aromatic carbocycles. The Morgan fingerprint density at radius 2 is 1.70 bits per heavy atom. The minimum Gasteiger partial charge on any atom is -0.348 e. The number of non-ortho nitro benzene ring substituents is 1. The van der Waals surface area contributed by atoms with Crippen molar-refractivity contribution in [1.82, 2.24) is 20.1 Å². The van der Waals surface area contributed by atoms with Gasteiger partial charge in [0.15, 0.2) is 0 Å². The van der Waals surface area contributed by atoms with Gasteiger partial charge in [-0.3, -0.25) is 19.9 Å². The molecule has 8 nitrogen and oxygen atoms in total. The van der Waals surface area contributed by atoms with Gasteiger partial charge >= 0.3 is 0 Å². The Bertz CT molecular complexity index is 1170. The summed E-state index contributed by atoms with van der Waals surface area (Å²) < 4.78 is 1.61. The Labute approximate surface area is 172 Å². The summed E-state index contributed by atoms with van der Waals surface area (Å²) in [4.78, 5) is 27.4. The van der Waals surface area contributed by atoms with Crippen molar-refractivity contribution in [3.05, 3.63) is 107 Å². The van der Waals surface area contributed by atoms with Crippen LogP contribution in [0, 0.1) is 10.1 Å². The van der Waals surface area contributed by atoms with Crippen molar-refractivity contribution in [2.45, 2.75) is 6.54 Å². The zero-order valence-corrected chi connectivity index (χ0v) is 15.8. The molecule has 0 atom stereocenters. The smallest absolute Gasteiger partial charge is 0.269 e. The van der Waals surface area contributed by atoms with E-state index in [1.165, 1.54) is 18.3 Å². The van der Waals surface area contributed by atoms with Crippen molar-refractivity contribution in [3.63, 3.8) is 0 Å². The Balaban J connectivity index is 1.70. The van der Waals surface area contributed by atoms with E-state index in [0.29, 0.717) is 23.5 Å². The third kappa shape index (κ3) is 3.93. The van der Waals surface area contributed by atoms with Gasteiger partial charge in [-0.15, -0.1) is 0 Å². The first-order valence-electron chi connectivity index (χ1n) is 9.19. The highest BCUT2D eigenvalue weighted by molar-refractivity contribution is 6.00. The van der Waals surface area contributed by atoms with Crippen LogP contribution >= 0.6 is 0 Å². The molecule has 0 spiro atoms. The number of carbonyl (C=O) groups excluding carboxylic acids is 1. The third-order valence-electron chi connectivity index (χ3n) is 4.57. The average molecular weight is 399 g/mol. The first-order valence-corrected chi connectivity index (χ1v) is 9.19. The molecular formula is C22H17N5O3. The number of nitrogens with zero attached hydrogens (tertiary/aromatic N) is 4. The van der Waals surface area contributed by atoms with E-state index >= 15 is 0 Å². The standard InChI is InChI=1S/C22H17N5O3/c28-22(24-14-16-10-12-23-13-11-16)20-15-25-26(21(20)17-4-2-1-3-5-17)18-6-8-19(9-7-18)27(29)30/h1-13,15H,14H2,(H,24,28). The molecule has 30 heavy (non-hydrogen) atoms. The molecule has 4 aromatic rings. The minimum atomic E-state index is -0.455. The highest BCUT2D eigenvalue weighted by Gasteiger charge is 2.20. The van der Waals surface area contributed by atoms with Crippen molar-refractivity contribution in [1.29, 1.82) is 0 Å². The second-order valence-corrected chi connectivity index (χ2v) is 6.50. The fourth-order valence-corrected chi connectivity index (χ4v) is 3.08. The predicted octanol–water partition coefficient (Wildman–Crippen LogP) is 3.77. The van der Waals surface area contributed by atoms with Gasteiger partial charge in [-0.05, 0) is 29.8 Å². The van der Waals surface area contributed by atoms with Gasteiger partial charge in [0.1, 0.15) is 0 Å². The van der Waals surface area contributed by atoms with E-state index in [-0.39, 0.29) is 11.6 Å². The van der Waals surface area contributed by atoms with Gasteiger partial charge < -0.3 is 5.32 Å². The summed E-state index contributed by atoms with van der Waals surface area (Å²) in [5.74, 6) is -0.265. The average Bonchev–Trinajstić information content (AvgIpc) is 3.24. The summed E-state index contributed by atoms with van der Waals surface area (Å²) in [6.07, 6.45) is 4.85. The maximum absolute atomic E-state index is 12.9. The van der Waals surface area contributed by atoms with E-state index < -0.39 is 4.92 Å². The molecule has 1 N–H and O–H groups in total. The maximum Gasteiger partial charge on any atom is 0.269 e. The van der Waals surface area contributed by atoms with Crippen LogP contribution in [-0.2, 0) is 6.54 Å². The fraction of sp³-hybridized carbons (Fsp3) is 0.0455. The van der Waals surface area contributed by atoms with E-state index in [9.17, 15) is 14.9 Å². The normalized spacial score (nSPS) is 10.5. The summed E-state index contributed by atoms with van der Waals surface area (Å²) in [6.45, 7) is 0.359. The Hall–Kier alpha value is -4.33. The molecule has 0 saturated heterocycles. The zero-order valence-electron chi connectivity index (χ0n) is 15.8. The lowest BCUT2D eigenvalue weighted by Gasteiger charge is -2.11. The number of carbonyl (C=O) groups is 1. The molecule has 0 aliphatic rings. The summed E-state index contributed by atoms with van der Waals surface area (Å²) in [5, 5.41) is 18.2. The number of nitrogens with one attached hydrogen (secondary N) is 1. The number of aromatic nitrogens is 3. The Kier molecular flexibility index (Phi) is 5.29. The second kappa shape index (κ2) is 8.36. The van der Waals surface area contributed by atoms with Crippen LogP contribution in [0.4, 0.5) is 5.69 Å². The van der Waals surface area contributed by atoms with Crippen molar-refractivity contribution in [2.24, 2.45) is 0 Å². The molecule has 8 heteroatoms. The fourth-order valence-electron chi connectivity index (χ4n) is 3.08. The number of benzene rings is 2. The summed E-state index contributed by atoms with van der Waals surface area (Å²) in [7, 11) is 0. The molecule has 4 rings (SSSR count). The quantitative estimate of drug-likeness (QED) is 0.393. The van der Waals surface area contributed by atoms with E-state index in [0.717, 1.165) is 11.1 Å². The van der Waals surface area contributed by atoms with Crippen LogP contribution in [0.1, 0.15) is 15.9 Å². The van der Waals surface area contributed by atoms with Gasteiger partial charge in [0.25, 0.3) is 11.6 Å². The number of pyridine rings is 1. The molecule has 1 amide bonds.